The summed E-state index contributed by atoms with van der Waals surface area (Å²) in [6.07, 6.45) is 6.55. The van der Waals surface area contributed by atoms with E-state index in [1.807, 2.05) is 11.7 Å². The summed E-state index contributed by atoms with van der Waals surface area (Å²) in [5.74, 6) is 0. The Hall–Kier alpha value is -1.55. The lowest BCUT2D eigenvalue weighted by Crippen LogP contribution is -2.37. The fourth-order valence-corrected chi connectivity index (χ4v) is 3.40. The maximum absolute atomic E-state index is 4.56. The van der Waals surface area contributed by atoms with E-state index in [4.69, 9.17) is 0 Å². The Balaban J connectivity index is 1.84. The lowest BCUT2D eigenvalue weighted by Gasteiger charge is -2.36. The van der Waals surface area contributed by atoms with Gasteiger partial charge in [0, 0.05) is 50.3 Å². The molecule has 0 N–H and O–H groups in total. The van der Waals surface area contributed by atoms with Gasteiger partial charge >= 0.3 is 0 Å². The van der Waals surface area contributed by atoms with Gasteiger partial charge in [-0.05, 0) is 25.0 Å². The van der Waals surface area contributed by atoms with Crippen LogP contribution in [0.2, 0.25) is 0 Å². The molecule has 0 fully saturated rings. The zero-order chi connectivity index (χ0) is 14.1. The van der Waals surface area contributed by atoms with Crippen molar-refractivity contribution in [3.63, 3.8) is 0 Å². The predicted octanol–water partition coefficient (Wildman–Crippen LogP) is 2.75. The summed E-state index contributed by atoms with van der Waals surface area (Å²) < 4.78 is 4.34. The second kappa shape index (κ2) is 5.44. The number of aryl methyl sites for hydroxylation is 2. The summed E-state index contributed by atoms with van der Waals surface area (Å²) in [6.45, 7) is 7.70. The molecule has 0 saturated carbocycles. The van der Waals surface area contributed by atoms with Crippen LogP contribution < -0.4 is 0 Å². The number of nitrogens with zero attached hydrogens (tertiary/aromatic N) is 4. The molecule has 0 amide bonds. The maximum atomic E-state index is 4.56. The Labute approximate surface area is 121 Å². The first-order valence-corrected chi connectivity index (χ1v) is 7.63. The molecule has 1 aliphatic heterocycles. The van der Waals surface area contributed by atoms with E-state index in [1.54, 1.807) is 0 Å². The minimum Gasteiger partial charge on any atom is -0.349 e. The molecule has 20 heavy (non-hydrogen) atoms. The van der Waals surface area contributed by atoms with Crippen LogP contribution in [-0.4, -0.2) is 25.8 Å². The first kappa shape index (κ1) is 13.4. The molecule has 2 aromatic heterocycles. The summed E-state index contributed by atoms with van der Waals surface area (Å²) in [6, 6.07) is 4.97. The summed E-state index contributed by atoms with van der Waals surface area (Å²) in [7, 11) is 2.02. The van der Waals surface area contributed by atoms with Crippen molar-refractivity contribution in [2.75, 3.05) is 6.54 Å². The van der Waals surface area contributed by atoms with Gasteiger partial charge in [0.2, 0.25) is 0 Å². The molecule has 0 bridgehead atoms. The second-order valence-electron chi connectivity index (χ2n) is 5.65. The summed E-state index contributed by atoms with van der Waals surface area (Å²) in [4.78, 5) is 2.60. The fourth-order valence-electron chi connectivity index (χ4n) is 3.40. The Morgan fingerprint density at radius 2 is 2.15 bits per heavy atom. The topological polar surface area (TPSA) is 26.0 Å². The van der Waals surface area contributed by atoms with E-state index in [0.717, 1.165) is 32.5 Å². The highest BCUT2D eigenvalue weighted by Gasteiger charge is 2.26. The molecule has 0 aliphatic carbocycles. The Kier molecular flexibility index (Phi) is 3.66. The zero-order valence-electron chi connectivity index (χ0n) is 12.7. The molecule has 0 spiro atoms. The molecular weight excluding hydrogens is 248 g/mol. The molecule has 108 valence electrons. The number of fused-ring (bicyclic) bond motifs is 1. The van der Waals surface area contributed by atoms with E-state index in [9.17, 15) is 0 Å². The van der Waals surface area contributed by atoms with Crippen molar-refractivity contribution >= 4 is 0 Å². The standard InChI is InChI=1S/C16H24N4/c1-4-14-13(11-18(3)17-14)12-20-10-9-19-8-6-7-16(19)15(20)5-2/h6-8,11,15H,4-5,9-10,12H2,1-3H3/t15-/m0/s1. The van der Waals surface area contributed by atoms with E-state index in [-0.39, 0.29) is 0 Å². The molecule has 0 saturated heterocycles. The highest BCUT2D eigenvalue weighted by Crippen LogP contribution is 2.30. The molecule has 0 unspecified atom stereocenters. The number of hydrogen-bond acceptors (Lipinski definition) is 2. The average molecular weight is 272 g/mol. The molecule has 0 aromatic carbocycles. The van der Waals surface area contributed by atoms with Crippen LogP contribution in [-0.2, 0) is 26.6 Å². The smallest absolute Gasteiger partial charge is 0.0666 e. The Bertz CT molecular complexity index is 581. The number of hydrogen-bond donors (Lipinski definition) is 0. The molecule has 1 atom stereocenters. The monoisotopic (exact) mass is 272 g/mol. The van der Waals surface area contributed by atoms with Gasteiger partial charge in [-0.25, -0.2) is 0 Å². The first-order chi connectivity index (χ1) is 9.72. The van der Waals surface area contributed by atoms with Gasteiger partial charge < -0.3 is 4.57 Å². The van der Waals surface area contributed by atoms with E-state index in [2.05, 4.69) is 52.9 Å². The van der Waals surface area contributed by atoms with Gasteiger partial charge in [-0.2, -0.15) is 5.10 Å². The molecule has 4 heteroatoms. The van der Waals surface area contributed by atoms with Crippen molar-refractivity contribution in [1.82, 2.24) is 19.2 Å². The van der Waals surface area contributed by atoms with E-state index in [0.29, 0.717) is 6.04 Å². The van der Waals surface area contributed by atoms with Crippen molar-refractivity contribution in [2.24, 2.45) is 7.05 Å². The van der Waals surface area contributed by atoms with Gasteiger partial charge in [0.15, 0.2) is 0 Å². The van der Waals surface area contributed by atoms with Crippen LogP contribution in [0.4, 0.5) is 0 Å². The molecule has 3 heterocycles. The van der Waals surface area contributed by atoms with Gasteiger partial charge in [0.1, 0.15) is 0 Å². The quantitative estimate of drug-likeness (QED) is 0.855. The number of rotatable bonds is 4. The lowest BCUT2D eigenvalue weighted by molar-refractivity contribution is 0.144. The van der Waals surface area contributed by atoms with Crippen molar-refractivity contribution in [3.8, 4) is 0 Å². The minimum absolute atomic E-state index is 0.531. The summed E-state index contributed by atoms with van der Waals surface area (Å²) >= 11 is 0. The molecule has 3 rings (SSSR count). The van der Waals surface area contributed by atoms with E-state index in [1.165, 1.54) is 17.0 Å². The van der Waals surface area contributed by atoms with Crippen molar-refractivity contribution in [2.45, 2.75) is 45.8 Å². The van der Waals surface area contributed by atoms with Crippen LogP contribution in [0.5, 0.6) is 0 Å². The highest BCUT2D eigenvalue weighted by molar-refractivity contribution is 5.19. The van der Waals surface area contributed by atoms with E-state index < -0.39 is 0 Å². The molecule has 2 aromatic rings. The highest BCUT2D eigenvalue weighted by atomic mass is 15.3. The zero-order valence-corrected chi connectivity index (χ0v) is 12.7. The third-order valence-electron chi connectivity index (χ3n) is 4.36. The third-order valence-corrected chi connectivity index (χ3v) is 4.36. The third kappa shape index (κ3) is 2.29. The normalized spacial score (nSPS) is 19.2. The van der Waals surface area contributed by atoms with Crippen molar-refractivity contribution in [1.29, 1.82) is 0 Å². The fraction of sp³-hybridized carbons (Fsp3) is 0.562. The first-order valence-electron chi connectivity index (χ1n) is 7.63. The Morgan fingerprint density at radius 3 is 2.90 bits per heavy atom. The Morgan fingerprint density at radius 1 is 1.30 bits per heavy atom. The van der Waals surface area contributed by atoms with Crippen LogP contribution in [0.15, 0.2) is 24.5 Å². The maximum Gasteiger partial charge on any atom is 0.0666 e. The van der Waals surface area contributed by atoms with Gasteiger partial charge in [-0.3, -0.25) is 9.58 Å². The number of aromatic nitrogens is 3. The van der Waals surface area contributed by atoms with Crippen LogP contribution in [0.3, 0.4) is 0 Å². The van der Waals surface area contributed by atoms with Crippen LogP contribution >= 0.6 is 0 Å². The molecular formula is C16H24N4. The second-order valence-corrected chi connectivity index (χ2v) is 5.65. The summed E-state index contributed by atoms with van der Waals surface area (Å²) in [5.41, 5.74) is 4.08. The molecule has 0 radical (unpaired) electrons. The lowest BCUT2D eigenvalue weighted by atomic mass is 10.1. The minimum atomic E-state index is 0.531. The van der Waals surface area contributed by atoms with Gasteiger partial charge in [-0.15, -0.1) is 0 Å². The van der Waals surface area contributed by atoms with E-state index >= 15 is 0 Å². The van der Waals surface area contributed by atoms with Crippen molar-refractivity contribution < 1.29 is 0 Å². The van der Waals surface area contributed by atoms with Crippen molar-refractivity contribution in [3.05, 3.63) is 41.5 Å². The summed E-state index contributed by atoms with van der Waals surface area (Å²) in [5, 5.41) is 4.56. The van der Waals surface area contributed by atoms with Gasteiger partial charge in [-0.1, -0.05) is 13.8 Å². The van der Waals surface area contributed by atoms with Gasteiger partial charge in [0.25, 0.3) is 0 Å². The molecule has 1 aliphatic rings. The SMILES string of the molecule is CCc1nn(C)cc1CN1CCn2cccc2[C@@H]1CC. The van der Waals surface area contributed by atoms with Crippen LogP contribution in [0, 0.1) is 0 Å². The van der Waals surface area contributed by atoms with Crippen LogP contribution in [0.25, 0.3) is 0 Å². The predicted molar refractivity (Wildman–Crippen MR) is 80.5 cm³/mol. The van der Waals surface area contributed by atoms with Crippen LogP contribution in [0.1, 0.15) is 43.3 Å². The largest absolute Gasteiger partial charge is 0.349 e. The molecule has 4 nitrogen and oxygen atoms in total. The van der Waals surface area contributed by atoms with Gasteiger partial charge in [0.05, 0.1) is 11.7 Å². The average Bonchev–Trinajstić information content (AvgIpc) is 3.04.